The Morgan fingerprint density at radius 1 is 1.32 bits per heavy atom. The highest BCUT2D eigenvalue weighted by Crippen LogP contribution is 2.29. The largest absolute Gasteiger partial charge is 0.479 e. The van der Waals surface area contributed by atoms with Crippen LogP contribution in [0.15, 0.2) is 29.2 Å². The second-order valence-corrected chi connectivity index (χ2v) is 9.34. The Hall–Kier alpha value is -1.58. The number of rotatable bonds is 7. The van der Waals surface area contributed by atoms with Crippen molar-refractivity contribution in [2.45, 2.75) is 29.7 Å². The Morgan fingerprint density at radius 3 is 2.68 bits per heavy atom. The molecule has 1 heterocycles. The summed E-state index contributed by atoms with van der Waals surface area (Å²) in [4.78, 5) is 24.0. The van der Waals surface area contributed by atoms with Gasteiger partial charge < -0.3 is 10.4 Å². The lowest BCUT2D eigenvalue weighted by Crippen LogP contribution is -2.54. The van der Waals surface area contributed by atoms with E-state index < -0.39 is 27.4 Å². The van der Waals surface area contributed by atoms with Gasteiger partial charge in [0.05, 0.1) is 4.90 Å². The second-order valence-electron chi connectivity index (χ2n) is 6.47. The maximum atomic E-state index is 12.5. The van der Waals surface area contributed by atoms with E-state index in [9.17, 15) is 23.1 Å². The van der Waals surface area contributed by atoms with Crippen LogP contribution in [0.2, 0.25) is 0 Å². The predicted octanol–water partition coefficient (Wildman–Crippen LogP) is 1.06. The highest BCUT2D eigenvalue weighted by molar-refractivity contribution is 7.99. The summed E-state index contributed by atoms with van der Waals surface area (Å²) in [7, 11) is -3.68. The van der Waals surface area contributed by atoms with Crippen LogP contribution in [-0.4, -0.2) is 49.0 Å². The summed E-state index contributed by atoms with van der Waals surface area (Å²) < 4.78 is 27.2. The van der Waals surface area contributed by atoms with Crippen molar-refractivity contribution in [1.29, 1.82) is 0 Å². The molecule has 25 heavy (non-hydrogen) atoms. The molecule has 7 nitrogen and oxygen atoms in total. The molecule has 0 aromatic heterocycles. The third kappa shape index (κ3) is 4.16. The first-order chi connectivity index (χ1) is 11.8. The van der Waals surface area contributed by atoms with E-state index in [-0.39, 0.29) is 10.5 Å². The van der Waals surface area contributed by atoms with Gasteiger partial charge in [0.25, 0.3) is 5.91 Å². The smallest absolute Gasteiger partial charge is 0.330 e. The molecule has 0 spiro atoms. The fourth-order valence-corrected chi connectivity index (χ4v) is 5.10. The SMILES string of the molecule is O=C(NC1(C(=O)O)CCSC1)c1cccc(S(=O)(=O)NCC2CC2)c1. The van der Waals surface area contributed by atoms with Gasteiger partial charge in [-0.25, -0.2) is 17.9 Å². The Labute approximate surface area is 150 Å². The number of amides is 1. The number of carboxylic acids is 1. The van der Waals surface area contributed by atoms with Gasteiger partial charge >= 0.3 is 5.97 Å². The van der Waals surface area contributed by atoms with E-state index in [1.807, 2.05) is 0 Å². The Bertz CT molecular complexity index is 783. The molecule has 2 aliphatic rings. The number of nitrogens with one attached hydrogen (secondary N) is 2. The van der Waals surface area contributed by atoms with Crippen LogP contribution in [0.5, 0.6) is 0 Å². The van der Waals surface area contributed by atoms with E-state index in [1.54, 1.807) is 0 Å². The fraction of sp³-hybridized carbons (Fsp3) is 0.500. The van der Waals surface area contributed by atoms with Crippen molar-refractivity contribution < 1.29 is 23.1 Å². The quantitative estimate of drug-likeness (QED) is 0.648. The maximum absolute atomic E-state index is 12.5. The molecule has 3 N–H and O–H groups in total. The van der Waals surface area contributed by atoms with E-state index in [4.69, 9.17) is 0 Å². The minimum Gasteiger partial charge on any atom is -0.479 e. The van der Waals surface area contributed by atoms with Gasteiger partial charge in [-0.2, -0.15) is 11.8 Å². The summed E-state index contributed by atoms with van der Waals surface area (Å²) in [5.74, 6) is -0.289. The van der Waals surface area contributed by atoms with Crippen LogP contribution in [0.3, 0.4) is 0 Å². The molecule has 1 saturated carbocycles. The van der Waals surface area contributed by atoms with E-state index >= 15 is 0 Å². The van der Waals surface area contributed by atoms with Gasteiger partial charge in [0, 0.05) is 17.9 Å². The Kier molecular flexibility index (Phi) is 5.08. The molecule has 1 aliphatic carbocycles. The number of carbonyl (C=O) groups excluding carboxylic acids is 1. The topological polar surface area (TPSA) is 113 Å². The van der Waals surface area contributed by atoms with Crippen LogP contribution in [-0.2, 0) is 14.8 Å². The maximum Gasteiger partial charge on any atom is 0.330 e. The first-order valence-electron chi connectivity index (χ1n) is 8.06. The van der Waals surface area contributed by atoms with Gasteiger partial charge in [-0.05, 0) is 49.1 Å². The highest BCUT2D eigenvalue weighted by atomic mass is 32.2. The van der Waals surface area contributed by atoms with Gasteiger partial charge in [0.15, 0.2) is 0 Å². The predicted molar refractivity (Wildman–Crippen MR) is 94.1 cm³/mol. The molecule has 2 fully saturated rings. The number of sulfonamides is 1. The number of carbonyl (C=O) groups is 2. The average Bonchev–Trinajstić information content (AvgIpc) is 3.30. The Balaban J connectivity index is 1.76. The molecule has 9 heteroatoms. The van der Waals surface area contributed by atoms with Crippen molar-refractivity contribution >= 4 is 33.7 Å². The molecule has 0 bridgehead atoms. The molecule has 0 radical (unpaired) electrons. The van der Waals surface area contributed by atoms with Crippen molar-refractivity contribution in [3.63, 3.8) is 0 Å². The standard InChI is InChI=1S/C16H20N2O5S2/c19-14(18-16(15(20)21)6-7-24-10-16)12-2-1-3-13(8-12)25(22,23)17-9-11-4-5-11/h1-3,8,11,17H,4-7,9-10H2,(H,18,19)(H,20,21). The van der Waals surface area contributed by atoms with E-state index in [1.165, 1.54) is 36.0 Å². The second kappa shape index (κ2) is 6.97. The average molecular weight is 384 g/mol. The summed E-state index contributed by atoms with van der Waals surface area (Å²) in [6.07, 6.45) is 2.40. The number of hydrogen-bond donors (Lipinski definition) is 3. The van der Waals surface area contributed by atoms with Crippen LogP contribution in [0.25, 0.3) is 0 Å². The molecule has 1 aromatic carbocycles. The summed E-state index contributed by atoms with van der Waals surface area (Å²) in [6, 6.07) is 5.66. The van der Waals surface area contributed by atoms with Crippen LogP contribution in [0.4, 0.5) is 0 Å². The zero-order valence-electron chi connectivity index (χ0n) is 13.5. The van der Waals surface area contributed by atoms with E-state index in [0.717, 1.165) is 12.8 Å². The monoisotopic (exact) mass is 384 g/mol. The third-order valence-corrected chi connectivity index (χ3v) is 7.06. The number of benzene rings is 1. The number of hydrogen-bond acceptors (Lipinski definition) is 5. The van der Waals surface area contributed by atoms with Crippen molar-refractivity contribution in [3.05, 3.63) is 29.8 Å². The molecule has 3 rings (SSSR count). The third-order valence-electron chi connectivity index (χ3n) is 4.45. The first-order valence-corrected chi connectivity index (χ1v) is 10.7. The van der Waals surface area contributed by atoms with Gasteiger partial charge in [-0.3, -0.25) is 4.79 Å². The van der Waals surface area contributed by atoms with Crippen molar-refractivity contribution in [1.82, 2.24) is 10.0 Å². The van der Waals surface area contributed by atoms with Crippen LogP contribution < -0.4 is 10.0 Å². The van der Waals surface area contributed by atoms with Gasteiger partial charge in [-0.1, -0.05) is 6.07 Å². The van der Waals surface area contributed by atoms with E-state index in [0.29, 0.717) is 30.4 Å². The molecule has 1 amide bonds. The lowest BCUT2D eigenvalue weighted by atomic mass is 9.98. The number of aliphatic carboxylic acids is 1. The molecule has 1 atom stereocenters. The number of thioether (sulfide) groups is 1. The number of carboxylic acid groups (broad SMARTS) is 1. The molecule has 1 unspecified atom stereocenters. The summed E-state index contributed by atoms with van der Waals surface area (Å²) in [6.45, 7) is 0.401. The minimum absolute atomic E-state index is 0.00553. The molecule has 136 valence electrons. The van der Waals surface area contributed by atoms with Crippen LogP contribution in [0, 0.1) is 5.92 Å². The summed E-state index contributed by atoms with van der Waals surface area (Å²) in [5.41, 5.74) is -1.16. The molecule has 1 aromatic rings. The minimum atomic E-state index is -3.68. The van der Waals surface area contributed by atoms with Crippen molar-refractivity contribution in [2.24, 2.45) is 5.92 Å². The zero-order valence-corrected chi connectivity index (χ0v) is 15.2. The zero-order chi connectivity index (χ0) is 18.1. The lowest BCUT2D eigenvalue weighted by Gasteiger charge is -2.24. The normalized spacial score (nSPS) is 23.4. The summed E-state index contributed by atoms with van der Waals surface area (Å²) in [5, 5.41) is 12.0. The van der Waals surface area contributed by atoms with Crippen molar-refractivity contribution in [2.75, 3.05) is 18.1 Å². The molecule has 1 saturated heterocycles. The van der Waals surface area contributed by atoms with E-state index in [2.05, 4.69) is 10.0 Å². The van der Waals surface area contributed by atoms with Crippen LogP contribution >= 0.6 is 11.8 Å². The summed E-state index contributed by atoms with van der Waals surface area (Å²) >= 11 is 1.47. The highest BCUT2D eigenvalue weighted by Gasteiger charge is 2.43. The Morgan fingerprint density at radius 2 is 2.08 bits per heavy atom. The molecule has 1 aliphatic heterocycles. The van der Waals surface area contributed by atoms with Crippen molar-refractivity contribution in [3.8, 4) is 0 Å². The van der Waals surface area contributed by atoms with Gasteiger partial charge in [0.1, 0.15) is 5.54 Å². The molecular formula is C16H20N2O5S2. The first kappa shape index (κ1) is 18.2. The van der Waals surface area contributed by atoms with Gasteiger partial charge in [-0.15, -0.1) is 0 Å². The van der Waals surface area contributed by atoms with Gasteiger partial charge in [0.2, 0.25) is 10.0 Å². The molecular weight excluding hydrogens is 364 g/mol. The fourth-order valence-electron chi connectivity index (χ4n) is 2.61. The van der Waals surface area contributed by atoms with Crippen LogP contribution in [0.1, 0.15) is 29.6 Å². The lowest BCUT2D eigenvalue weighted by molar-refractivity contribution is -0.143.